The Morgan fingerprint density at radius 1 is 1.17 bits per heavy atom. The molecule has 0 spiro atoms. The molecule has 0 fully saturated rings. The highest BCUT2D eigenvalue weighted by Crippen LogP contribution is 2.26. The van der Waals surface area contributed by atoms with Crippen LogP contribution in [0.5, 0.6) is 11.5 Å². The van der Waals surface area contributed by atoms with Crippen LogP contribution in [0.4, 0.5) is 5.69 Å². The number of carbonyl (C=O) groups is 1. The van der Waals surface area contributed by atoms with Crippen LogP contribution in [0, 0.1) is 0 Å². The van der Waals surface area contributed by atoms with Gasteiger partial charge in [-0.05, 0) is 42.3 Å². The zero-order chi connectivity index (χ0) is 21.0. The van der Waals surface area contributed by atoms with Crippen molar-refractivity contribution in [1.82, 2.24) is 0 Å². The third kappa shape index (κ3) is 4.94. The zero-order valence-corrected chi connectivity index (χ0v) is 16.7. The van der Waals surface area contributed by atoms with Crippen molar-refractivity contribution < 1.29 is 24.0 Å². The van der Waals surface area contributed by atoms with Crippen molar-refractivity contribution in [3.05, 3.63) is 64.0 Å². The molecule has 3 N–H and O–H groups in total. The van der Waals surface area contributed by atoms with E-state index in [-0.39, 0.29) is 18.2 Å². The molecule has 0 radical (unpaired) electrons. The molecule has 1 aromatic heterocycles. The molecule has 29 heavy (non-hydrogen) atoms. The van der Waals surface area contributed by atoms with Crippen molar-refractivity contribution in [2.75, 3.05) is 26.0 Å². The number of rotatable bonds is 7. The molecule has 0 aliphatic carbocycles. The standard InChI is InChI=1S/C22H24N2O5/c1-4-14-9-18-15(10-22(27)29-20(18)11-19(14)25)12-24(2)13-21(26)23-16-5-7-17(28-3)8-6-16/h5-11,25H,4,12-13H2,1-3H3,(H,23,26)/p+1. The summed E-state index contributed by atoms with van der Waals surface area (Å²) in [4.78, 5) is 25.2. The van der Waals surface area contributed by atoms with Gasteiger partial charge in [-0.15, -0.1) is 0 Å². The predicted octanol–water partition coefficient (Wildman–Crippen LogP) is 1.72. The second kappa shape index (κ2) is 8.79. The van der Waals surface area contributed by atoms with E-state index in [1.165, 1.54) is 12.1 Å². The number of benzene rings is 2. The molecule has 0 aliphatic rings. The van der Waals surface area contributed by atoms with E-state index >= 15 is 0 Å². The van der Waals surface area contributed by atoms with E-state index in [1.807, 2.05) is 20.0 Å². The van der Waals surface area contributed by atoms with Gasteiger partial charge >= 0.3 is 5.63 Å². The van der Waals surface area contributed by atoms with Gasteiger partial charge < -0.3 is 24.5 Å². The normalized spacial score (nSPS) is 12.0. The van der Waals surface area contributed by atoms with Crippen LogP contribution in [-0.4, -0.2) is 31.7 Å². The van der Waals surface area contributed by atoms with Gasteiger partial charge in [0.2, 0.25) is 0 Å². The largest absolute Gasteiger partial charge is 0.508 e. The molecular weight excluding hydrogens is 372 g/mol. The molecule has 1 amide bonds. The van der Waals surface area contributed by atoms with Gasteiger partial charge in [0.05, 0.1) is 14.2 Å². The van der Waals surface area contributed by atoms with Crippen molar-refractivity contribution in [3.8, 4) is 11.5 Å². The maximum absolute atomic E-state index is 12.4. The topological polar surface area (TPSA) is 93.2 Å². The van der Waals surface area contributed by atoms with E-state index in [9.17, 15) is 14.7 Å². The molecular formula is C22H25N2O5+. The highest BCUT2D eigenvalue weighted by atomic mass is 16.5. The number of fused-ring (bicyclic) bond motifs is 1. The number of anilines is 1. The van der Waals surface area contributed by atoms with Crippen molar-refractivity contribution in [1.29, 1.82) is 0 Å². The molecule has 7 nitrogen and oxygen atoms in total. The number of phenols is 1. The summed E-state index contributed by atoms with van der Waals surface area (Å²) in [6.07, 6.45) is 0.660. The molecule has 3 aromatic rings. The van der Waals surface area contributed by atoms with Crippen LogP contribution in [0.3, 0.4) is 0 Å². The highest BCUT2D eigenvalue weighted by Gasteiger charge is 2.16. The summed E-state index contributed by atoms with van der Waals surface area (Å²) < 4.78 is 10.3. The molecule has 1 atom stereocenters. The Balaban J connectivity index is 1.74. The van der Waals surface area contributed by atoms with E-state index in [2.05, 4.69) is 5.32 Å². The Morgan fingerprint density at radius 2 is 1.90 bits per heavy atom. The van der Waals surface area contributed by atoms with Crippen molar-refractivity contribution in [2.24, 2.45) is 0 Å². The Morgan fingerprint density at radius 3 is 2.55 bits per heavy atom. The van der Waals surface area contributed by atoms with Crippen LogP contribution in [0.25, 0.3) is 11.0 Å². The smallest absolute Gasteiger partial charge is 0.336 e. The van der Waals surface area contributed by atoms with Gasteiger partial charge in [0, 0.05) is 28.8 Å². The number of quaternary nitrogens is 1. The van der Waals surface area contributed by atoms with Crippen LogP contribution in [0.1, 0.15) is 18.1 Å². The van der Waals surface area contributed by atoms with Crippen LogP contribution < -0.4 is 20.6 Å². The van der Waals surface area contributed by atoms with E-state index < -0.39 is 5.63 Å². The second-order valence-corrected chi connectivity index (χ2v) is 7.01. The lowest BCUT2D eigenvalue weighted by Crippen LogP contribution is -3.08. The number of phenolic OH excluding ortho intramolecular Hbond substituents is 1. The summed E-state index contributed by atoms with van der Waals surface area (Å²) in [7, 11) is 3.47. The molecule has 3 rings (SSSR count). The molecule has 0 saturated heterocycles. The quantitative estimate of drug-likeness (QED) is 0.528. The van der Waals surface area contributed by atoms with Crippen LogP contribution in [0.2, 0.25) is 0 Å². The molecule has 0 aliphatic heterocycles. The molecule has 0 bridgehead atoms. The van der Waals surface area contributed by atoms with E-state index in [0.717, 1.165) is 27.2 Å². The average molecular weight is 397 g/mol. The summed E-state index contributed by atoms with van der Waals surface area (Å²) in [5, 5.41) is 13.7. The minimum Gasteiger partial charge on any atom is -0.508 e. The van der Waals surface area contributed by atoms with Crippen LogP contribution >= 0.6 is 0 Å². The highest BCUT2D eigenvalue weighted by molar-refractivity contribution is 5.91. The summed E-state index contributed by atoms with van der Waals surface area (Å²) in [6.45, 7) is 2.64. The Hall–Kier alpha value is -3.32. The fraction of sp³-hybridized carbons (Fsp3) is 0.273. The predicted molar refractivity (Wildman–Crippen MR) is 111 cm³/mol. The van der Waals surface area contributed by atoms with Gasteiger partial charge in [0.25, 0.3) is 5.91 Å². The van der Waals surface area contributed by atoms with Crippen molar-refractivity contribution in [2.45, 2.75) is 19.9 Å². The van der Waals surface area contributed by atoms with E-state index in [4.69, 9.17) is 9.15 Å². The molecule has 2 aromatic carbocycles. The van der Waals surface area contributed by atoms with E-state index in [0.29, 0.717) is 24.2 Å². The maximum atomic E-state index is 12.4. The number of aryl methyl sites for hydroxylation is 1. The van der Waals surface area contributed by atoms with Crippen molar-refractivity contribution in [3.63, 3.8) is 0 Å². The Kier molecular flexibility index (Phi) is 6.19. The monoisotopic (exact) mass is 397 g/mol. The van der Waals surface area contributed by atoms with Gasteiger partial charge in [-0.25, -0.2) is 4.79 Å². The third-order valence-electron chi connectivity index (χ3n) is 4.74. The third-order valence-corrected chi connectivity index (χ3v) is 4.74. The molecule has 7 heteroatoms. The molecule has 1 heterocycles. The fourth-order valence-corrected chi connectivity index (χ4v) is 3.28. The first-order valence-corrected chi connectivity index (χ1v) is 9.43. The van der Waals surface area contributed by atoms with Crippen LogP contribution in [-0.2, 0) is 17.8 Å². The first-order valence-electron chi connectivity index (χ1n) is 9.43. The molecule has 152 valence electrons. The van der Waals surface area contributed by atoms with Gasteiger partial charge in [-0.1, -0.05) is 6.92 Å². The number of ether oxygens (including phenoxy) is 1. The first kappa shape index (κ1) is 20.4. The van der Waals surface area contributed by atoms with Gasteiger partial charge in [0.15, 0.2) is 6.54 Å². The fourth-order valence-electron chi connectivity index (χ4n) is 3.28. The summed E-state index contributed by atoms with van der Waals surface area (Å²) >= 11 is 0. The van der Waals surface area contributed by atoms with Gasteiger partial charge in [-0.2, -0.15) is 0 Å². The lowest BCUT2D eigenvalue weighted by molar-refractivity contribution is -0.885. The molecule has 1 unspecified atom stereocenters. The number of aromatic hydroxyl groups is 1. The first-order chi connectivity index (χ1) is 13.9. The Labute approximate surface area is 168 Å². The minimum atomic E-state index is -0.480. The second-order valence-electron chi connectivity index (χ2n) is 7.01. The SMILES string of the molecule is CCc1cc2c(C[NH+](C)CC(=O)Nc3ccc(OC)cc3)cc(=O)oc2cc1O. The zero-order valence-electron chi connectivity index (χ0n) is 16.7. The lowest BCUT2D eigenvalue weighted by atomic mass is 10.0. The number of hydrogen-bond acceptors (Lipinski definition) is 5. The molecule has 0 saturated carbocycles. The summed E-state index contributed by atoms with van der Waals surface area (Å²) in [6, 6.07) is 11.9. The average Bonchev–Trinajstić information content (AvgIpc) is 2.67. The summed E-state index contributed by atoms with van der Waals surface area (Å²) in [5.41, 5.74) is 2.12. The van der Waals surface area contributed by atoms with Crippen molar-refractivity contribution >= 4 is 22.6 Å². The maximum Gasteiger partial charge on any atom is 0.336 e. The number of likely N-dealkylation sites (N-methyl/N-ethyl adjacent to an activating group) is 1. The number of carbonyl (C=O) groups excluding carboxylic acids is 1. The minimum absolute atomic E-state index is 0.111. The number of nitrogens with one attached hydrogen (secondary N) is 2. The van der Waals surface area contributed by atoms with E-state index in [1.54, 1.807) is 31.4 Å². The number of hydrogen-bond donors (Lipinski definition) is 3. The van der Waals surface area contributed by atoms with Crippen LogP contribution in [0.15, 0.2) is 51.7 Å². The summed E-state index contributed by atoms with van der Waals surface area (Å²) in [5.74, 6) is 0.699. The number of methoxy groups -OCH3 is 1. The lowest BCUT2D eigenvalue weighted by Gasteiger charge is -2.15. The number of amides is 1. The van der Waals surface area contributed by atoms with Gasteiger partial charge in [0.1, 0.15) is 23.6 Å². The Bertz CT molecular complexity index is 1070. The van der Waals surface area contributed by atoms with Gasteiger partial charge in [-0.3, -0.25) is 4.79 Å².